The third kappa shape index (κ3) is 12.1. The van der Waals surface area contributed by atoms with Crippen LogP contribution in [0.15, 0.2) is 163 Å². The number of β-amino-alcohol motifs (C(OH)–C–C–N with tert-alkyl or cyclic N) is 1. The quantitative estimate of drug-likeness (QED) is 0.144. The number of aliphatic hydroxyl groups excluding tert-OH is 1. The lowest BCUT2D eigenvalue weighted by atomic mass is 10.0. The highest BCUT2D eigenvalue weighted by Crippen LogP contribution is 2.50. The molecular formula is C52H55ClF3N5OS3. The van der Waals surface area contributed by atoms with Gasteiger partial charge >= 0.3 is 6.18 Å². The summed E-state index contributed by atoms with van der Waals surface area (Å²) < 4.78 is 39.9. The van der Waals surface area contributed by atoms with Gasteiger partial charge in [0.25, 0.3) is 0 Å². The Morgan fingerprint density at radius 3 is 1.55 bits per heavy atom. The molecule has 1 N–H and O–H groups in total. The number of nitrogens with zero attached hydrogens (tertiary/aromatic N) is 5. The minimum absolute atomic E-state index is 0.186. The maximum Gasteiger partial charge on any atom is 0.416 e. The lowest BCUT2D eigenvalue weighted by molar-refractivity contribution is -0.137. The van der Waals surface area contributed by atoms with Gasteiger partial charge in [0.15, 0.2) is 0 Å². The van der Waals surface area contributed by atoms with Crippen molar-refractivity contribution in [1.29, 1.82) is 0 Å². The van der Waals surface area contributed by atoms with Crippen LogP contribution in [0.5, 0.6) is 0 Å². The van der Waals surface area contributed by atoms with Gasteiger partial charge in [0, 0.05) is 80.2 Å². The number of benzene rings is 6. The minimum atomic E-state index is -4.35. The highest BCUT2D eigenvalue weighted by Gasteiger charge is 2.33. The number of fused-ring (bicyclic) bond motifs is 6. The summed E-state index contributed by atoms with van der Waals surface area (Å²) in [7, 11) is 4.23. The van der Waals surface area contributed by atoms with Crippen molar-refractivity contribution in [3.8, 4) is 0 Å². The Morgan fingerprint density at radius 2 is 1.00 bits per heavy atom. The monoisotopic (exact) mass is 953 g/mol. The number of alkyl halides is 3. The zero-order valence-corrected chi connectivity index (χ0v) is 40.0. The first-order valence-electron chi connectivity index (χ1n) is 22.2. The summed E-state index contributed by atoms with van der Waals surface area (Å²) in [6.07, 6.45) is -1.28. The topological polar surface area (TPSA) is 36.4 Å². The van der Waals surface area contributed by atoms with Crippen molar-refractivity contribution >= 4 is 69.6 Å². The summed E-state index contributed by atoms with van der Waals surface area (Å²) in [5.41, 5.74) is 6.43. The molecule has 4 aliphatic heterocycles. The molecule has 0 unspecified atom stereocenters. The lowest BCUT2D eigenvalue weighted by Gasteiger charge is -2.36. The van der Waals surface area contributed by atoms with Crippen LogP contribution in [-0.4, -0.2) is 99.4 Å². The van der Waals surface area contributed by atoms with Crippen LogP contribution >= 0.6 is 46.9 Å². The number of rotatable bonds is 10. The number of para-hydroxylation sites is 2. The van der Waals surface area contributed by atoms with E-state index in [4.69, 9.17) is 16.7 Å². The van der Waals surface area contributed by atoms with E-state index in [2.05, 4.69) is 119 Å². The summed E-state index contributed by atoms with van der Waals surface area (Å²) in [6, 6.07) is 44.0. The molecule has 6 aromatic rings. The van der Waals surface area contributed by atoms with E-state index in [-0.39, 0.29) is 6.61 Å². The molecule has 1 fully saturated rings. The maximum absolute atomic E-state index is 13.3. The molecule has 13 heteroatoms. The second kappa shape index (κ2) is 22.1. The molecule has 0 aliphatic carbocycles. The second-order valence-corrected chi connectivity index (χ2v) is 20.3. The average Bonchev–Trinajstić information content (AvgIpc) is 3.31. The molecular weight excluding hydrogens is 899 g/mol. The van der Waals surface area contributed by atoms with E-state index < -0.39 is 11.7 Å². The smallest absolute Gasteiger partial charge is 0.395 e. The Bertz CT molecular complexity index is 2450. The van der Waals surface area contributed by atoms with Crippen LogP contribution in [-0.2, 0) is 12.6 Å². The van der Waals surface area contributed by atoms with Crippen molar-refractivity contribution in [2.75, 3.05) is 89.4 Å². The van der Waals surface area contributed by atoms with Crippen molar-refractivity contribution in [3.63, 3.8) is 0 Å². The number of halogens is 4. The Kier molecular flexibility index (Phi) is 16.1. The predicted molar refractivity (Wildman–Crippen MR) is 266 cm³/mol. The van der Waals surface area contributed by atoms with Gasteiger partial charge in [-0.1, -0.05) is 108 Å². The average molecular weight is 955 g/mol. The van der Waals surface area contributed by atoms with E-state index in [0.717, 1.165) is 85.6 Å². The minimum Gasteiger partial charge on any atom is -0.395 e. The van der Waals surface area contributed by atoms with Crippen LogP contribution in [0.2, 0.25) is 5.02 Å². The number of piperazine rings is 1. The molecule has 4 heterocycles. The van der Waals surface area contributed by atoms with Crippen LogP contribution in [0.3, 0.4) is 0 Å². The Hall–Kier alpha value is -4.11. The summed E-state index contributed by atoms with van der Waals surface area (Å²) in [4.78, 5) is 18.7. The van der Waals surface area contributed by atoms with Gasteiger partial charge in [-0.15, -0.1) is 0 Å². The molecule has 10 rings (SSSR count). The molecule has 0 radical (unpaired) electrons. The van der Waals surface area contributed by atoms with E-state index in [1.807, 2.05) is 58.8 Å². The number of hydrogen-bond acceptors (Lipinski definition) is 9. The molecule has 0 aromatic heterocycles. The molecule has 340 valence electrons. The normalized spacial score (nSPS) is 15.3. The molecule has 6 aromatic carbocycles. The molecule has 0 bridgehead atoms. The fraction of sp³-hybridized carbons (Fsp3) is 0.308. The zero-order chi connectivity index (χ0) is 45.3. The van der Waals surface area contributed by atoms with E-state index in [0.29, 0.717) is 18.8 Å². The van der Waals surface area contributed by atoms with Crippen LogP contribution < -0.4 is 9.80 Å². The Morgan fingerprint density at radius 1 is 0.538 bits per heavy atom. The van der Waals surface area contributed by atoms with E-state index in [9.17, 15) is 13.2 Å². The number of aliphatic hydroxyl groups is 1. The fourth-order valence-corrected chi connectivity index (χ4v) is 11.9. The summed E-state index contributed by atoms with van der Waals surface area (Å²) in [5, 5.41) is 9.86. The molecule has 4 aliphatic rings. The molecule has 65 heavy (non-hydrogen) atoms. The number of anilines is 4. The predicted octanol–water partition coefficient (Wildman–Crippen LogP) is 12.9. The van der Waals surface area contributed by atoms with Crippen molar-refractivity contribution in [1.82, 2.24) is 14.7 Å². The first kappa shape index (κ1) is 47.4. The standard InChI is InChI=1S/C22H26F3N3OS.C17H19ClN2S.C13H10S/c23-22(24,25)17-6-7-21-19(16-17)28(18-4-1-2-5-20(18)30-21)9-3-8-26-10-12-27(13-11-26)14-15-29;1-19(2)10-5-11-20-14-6-3-4-7-16(14)21-17-9-8-13(18)12-15(17)20;1-3-7-12-10(5-1)9-11-6-2-4-8-13(11)14-12/h1-2,4-7,16,29H,3,8-15H2;3-4,6-9,12H,5,10-11H2,1-2H3;1-8H,9H2. The van der Waals surface area contributed by atoms with Gasteiger partial charge in [-0.2, -0.15) is 13.2 Å². The van der Waals surface area contributed by atoms with Crippen molar-refractivity contribution in [2.45, 2.75) is 54.8 Å². The van der Waals surface area contributed by atoms with Crippen LogP contribution in [0.1, 0.15) is 29.5 Å². The summed E-state index contributed by atoms with van der Waals surface area (Å²) in [6.45, 7) is 8.38. The van der Waals surface area contributed by atoms with Gasteiger partial charge in [-0.3, -0.25) is 4.90 Å². The van der Waals surface area contributed by atoms with Crippen LogP contribution in [0, 0.1) is 0 Å². The largest absolute Gasteiger partial charge is 0.416 e. The van der Waals surface area contributed by atoms with E-state index >= 15 is 0 Å². The summed E-state index contributed by atoms with van der Waals surface area (Å²) in [5.74, 6) is 0. The third-order valence-corrected chi connectivity index (χ3v) is 15.5. The fourth-order valence-electron chi connectivity index (χ4n) is 8.49. The third-order valence-electron chi connectivity index (χ3n) is 11.8. The van der Waals surface area contributed by atoms with Crippen molar-refractivity contribution in [2.24, 2.45) is 0 Å². The van der Waals surface area contributed by atoms with Crippen LogP contribution in [0.25, 0.3) is 0 Å². The summed E-state index contributed by atoms with van der Waals surface area (Å²) >= 11 is 11.4. The first-order valence-corrected chi connectivity index (χ1v) is 25.0. The van der Waals surface area contributed by atoms with Gasteiger partial charge in [-0.25, -0.2) is 0 Å². The SMILES string of the molecule is CN(C)CCCN1c2ccccc2Sc2ccc(Cl)cc21.OCCN1CCN(CCCN2c3ccccc3Sc3ccc(C(F)(F)F)cc32)CC1.c1ccc2c(c1)Cc1ccccc1S2. The number of hydrogen-bond donors (Lipinski definition) is 1. The second-order valence-electron chi connectivity index (χ2n) is 16.6. The first-order chi connectivity index (χ1) is 31.5. The van der Waals surface area contributed by atoms with Crippen molar-refractivity contribution in [3.05, 3.63) is 155 Å². The molecule has 0 atom stereocenters. The van der Waals surface area contributed by atoms with Crippen molar-refractivity contribution < 1.29 is 18.3 Å². The van der Waals surface area contributed by atoms with Gasteiger partial charge < -0.3 is 24.7 Å². The Labute approximate surface area is 399 Å². The molecule has 1 saturated heterocycles. The molecule has 0 amide bonds. The zero-order valence-electron chi connectivity index (χ0n) is 36.8. The van der Waals surface area contributed by atoms with Crippen LogP contribution in [0.4, 0.5) is 35.9 Å². The van der Waals surface area contributed by atoms with E-state index in [1.54, 1.807) is 6.07 Å². The van der Waals surface area contributed by atoms with Gasteiger partial charge in [0.2, 0.25) is 0 Å². The highest BCUT2D eigenvalue weighted by atomic mass is 35.5. The molecule has 0 saturated carbocycles. The molecule has 6 nitrogen and oxygen atoms in total. The highest BCUT2D eigenvalue weighted by molar-refractivity contribution is 8.00. The molecule has 0 spiro atoms. The lowest BCUT2D eigenvalue weighted by Crippen LogP contribution is -2.47. The van der Waals surface area contributed by atoms with E-state index in [1.165, 1.54) is 66.0 Å². The van der Waals surface area contributed by atoms with Gasteiger partial charge in [0.1, 0.15) is 0 Å². The van der Waals surface area contributed by atoms with Gasteiger partial charge in [0.05, 0.1) is 34.9 Å². The van der Waals surface area contributed by atoms with Gasteiger partial charge in [-0.05, 0) is 130 Å². The Balaban J connectivity index is 0.000000142. The maximum atomic E-state index is 13.3.